The average Bonchev–Trinajstić information content (AvgIpc) is 3.47. The second-order valence-corrected chi connectivity index (χ2v) is 14.4. The first-order chi connectivity index (χ1) is 26.0. The van der Waals surface area contributed by atoms with Crippen LogP contribution in [0.25, 0.3) is 88.8 Å². The Morgan fingerprint density at radius 3 is 1.87 bits per heavy atom. The highest BCUT2D eigenvalue weighted by atomic mass is 14.9. The molecule has 2 heterocycles. The summed E-state index contributed by atoms with van der Waals surface area (Å²) in [5, 5.41) is 4.94. The molecule has 0 radical (unpaired) electrons. The molecule has 0 fully saturated rings. The second-order valence-electron chi connectivity index (χ2n) is 14.4. The fourth-order valence-corrected chi connectivity index (χ4v) is 8.35. The molecular formula is C50H35N3. The van der Waals surface area contributed by atoms with Gasteiger partial charge in [0.05, 0.1) is 11.4 Å². The zero-order chi connectivity index (χ0) is 35.5. The Bertz CT molecular complexity index is 2840. The van der Waals surface area contributed by atoms with Gasteiger partial charge in [0.25, 0.3) is 0 Å². The van der Waals surface area contributed by atoms with Crippen molar-refractivity contribution in [2.24, 2.45) is 0 Å². The van der Waals surface area contributed by atoms with Crippen molar-refractivity contribution in [3.63, 3.8) is 0 Å². The highest BCUT2D eigenvalue weighted by Crippen LogP contribution is 2.55. The molecule has 10 rings (SSSR count). The Morgan fingerprint density at radius 1 is 0.415 bits per heavy atom. The van der Waals surface area contributed by atoms with Crippen LogP contribution >= 0.6 is 0 Å². The van der Waals surface area contributed by atoms with E-state index in [4.69, 9.17) is 9.97 Å². The lowest BCUT2D eigenvalue weighted by molar-refractivity contribution is 0.661. The molecule has 0 amide bonds. The van der Waals surface area contributed by atoms with Gasteiger partial charge in [-0.25, -0.2) is 9.97 Å². The molecule has 7 aromatic carbocycles. The first-order valence-electron chi connectivity index (χ1n) is 18.2. The van der Waals surface area contributed by atoms with Gasteiger partial charge in [0.15, 0.2) is 5.82 Å². The molecule has 9 aromatic rings. The number of benzene rings is 7. The third kappa shape index (κ3) is 5.08. The number of fused-ring (bicyclic) bond motifs is 6. The highest BCUT2D eigenvalue weighted by molar-refractivity contribution is 6.11. The number of hydrogen-bond donors (Lipinski definition) is 0. The summed E-state index contributed by atoms with van der Waals surface area (Å²) in [5.74, 6) is 0.703. The highest BCUT2D eigenvalue weighted by Gasteiger charge is 2.38. The van der Waals surface area contributed by atoms with Gasteiger partial charge < -0.3 is 0 Å². The third-order valence-electron chi connectivity index (χ3n) is 11.0. The quantitative estimate of drug-likeness (QED) is 0.182. The molecule has 250 valence electrons. The molecule has 53 heavy (non-hydrogen) atoms. The molecule has 0 aliphatic heterocycles. The average molecular weight is 678 g/mol. The van der Waals surface area contributed by atoms with E-state index in [-0.39, 0.29) is 5.41 Å². The van der Waals surface area contributed by atoms with E-state index >= 15 is 0 Å². The predicted molar refractivity (Wildman–Crippen MR) is 220 cm³/mol. The predicted octanol–water partition coefficient (Wildman–Crippen LogP) is 12.8. The van der Waals surface area contributed by atoms with E-state index in [9.17, 15) is 0 Å². The summed E-state index contributed by atoms with van der Waals surface area (Å²) in [4.78, 5) is 14.7. The Labute approximate surface area is 309 Å². The summed E-state index contributed by atoms with van der Waals surface area (Å²) < 4.78 is 0. The molecule has 3 nitrogen and oxygen atoms in total. The van der Waals surface area contributed by atoms with Crippen molar-refractivity contribution in [3.05, 3.63) is 187 Å². The molecule has 1 aliphatic rings. The standard InChI is InChI=1S/C50H35N3/c1-50(2)43-20-10-19-42(48(43)47-37-16-7-6-12-33(37)25-28-44(47)50)40-26-27-41(39-18-9-8-17-38(39)40)46-30-45(52-49(53-46)35-13-4-3-5-14-35)34-23-21-32(22-24-34)36-15-11-29-51-31-36/h3-31H,1-2H3. The van der Waals surface area contributed by atoms with Gasteiger partial charge in [0, 0.05) is 34.5 Å². The SMILES string of the molecule is CC1(C)c2cccc(-c3ccc(-c4cc(-c5ccc(-c6cccnc6)cc5)nc(-c5ccccc5)n4)c4ccccc34)c2-c2c1ccc1ccccc21. The maximum absolute atomic E-state index is 5.24. The third-order valence-corrected chi connectivity index (χ3v) is 11.0. The van der Waals surface area contributed by atoms with E-state index in [0.717, 1.165) is 44.6 Å². The minimum absolute atomic E-state index is 0.109. The van der Waals surface area contributed by atoms with E-state index in [1.54, 1.807) is 6.20 Å². The Hall–Kier alpha value is -6.71. The molecule has 0 saturated heterocycles. The molecule has 1 aliphatic carbocycles. The lowest BCUT2D eigenvalue weighted by atomic mass is 9.81. The Morgan fingerprint density at radius 2 is 1.08 bits per heavy atom. The molecule has 0 atom stereocenters. The number of pyridine rings is 1. The molecule has 0 bridgehead atoms. The van der Waals surface area contributed by atoms with Crippen LogP contribution in [-0.2, 0) is 5.41 Å². The van der Waals surface area contributed by atoms with Crippen LogP contribution in [0, 0.1) is 0 Å². The van der Waals surface area contributed by atoms with Crippen LogP contribution < -0.4 is 0 Å². The van der Waals surface area contributed by atoms with Gasteiger partial charge in [-0.15, -0.1) is 0 Å². The van der Waals surface area contributed by atoms with Crippen molar-refractivity contribution in [1.82, 2.24) is 15.0 Å². The largest absolute Gasteiger partial charge is 0.264 e. The number of hydrogen-bond acceptors (Lipinski definition) is 3. The maximum Gasteiger partial charge on any atom is 0.160 e. The van der Waals surface area contributed by atoms with Gasteiger partial charge in [-0.1, -0.05) is 166 Å². The zero-order valence-corrected chi connectivity index (χ0v) is 29.6. The Kier molecular flexibility index (Phi) is 7.16. The number of rotatable bonds is 5. The smallest absolute Gasteiger partial charge is 0.160 e. The van der Waals surface area contributed by atoms with Crippen molar-refractivity contribution >= 4 is 21.5 Å². The summed E-state index contributed by atoms with van der Waals surface area (Å²) in [6.45, 7) is 4.72. The van der Waals surface area contributed by atoms with E-state index in [2.05, 4.69) is 158 Å². The molecule has 0 unspecified atom stereocenters. The minimum Gasteiger partial charge on any atom is -0.264 e. The zero-order valence-electron chi connectivity index (χ0n) is 29.6. The lowest BCUT2D eigenvalue weighted by Gasteiger charge is -2.22. The first-order valence-corrected chi connectivity index (χ1v) is 18.2. The molecule has 0 saturated carbocycles. The van der Waals surface area contributed by atoms with Crippen LogP contribution in [0.1, 0.15) is 25.0 Å². The van der Waals surface area contributed by atoms with Crippen LogP contribution in [-0.4, -0.2) is 15.0 Å². The number of aromatic nitrogens is 3. The van der Waals surface area contributed by atoms with Gasteiger partial charge in [-0.05, 0) is 78.2 Å². The normalized spacial score (nSPS) is 12.9. The summed E-state index contributed by atoms with van der Waals surface area (Å²) in [6.07, 6.45) is 3.70. The molecule has 0 spiro atoms. The van der Waals surface area contributed by atoms with Crippen LogP contribution in [0.3, 0.4) is 0 Å². The second kappa shape index (κ2) is 12.2. The van der Waals surface area contributed by atoms with Crippen LogP contribution in [0.15, 0.2) is 176 Å². The molecule has 3 heteroatoms. The summed E-state index contributed by atoms with van der Waals surface area (Å²) >= 11 is 0. The van der Waals surface area contributed by atoms with Crippen LogP contribution in [0.4, 0.5) is 0 Å². The molecule has 2 aromatic heterocycles. The van der Waals surface area contributed by atoms with E-state index < -0.39 is 0 Å². The van der Waals surface area contributed by atoms with Crippen molar-refractivity contribution in [1.29, 1.82) is 0 Å². The topological polar surface area (TPSA) is 38.7 Å². The lowest BCUT2D eigenvalue weighted by Crippen LogP contribution is -2.14. The van der Waals surface area contributed by atoms with E-state index in [0.29, 0.717) is 5.82 Å². The van der Waals surface area contributed by atoms with Gasteiger partial charge >= 0.3 is 0 Å². The maximum atomic E-state index is 5.24. The van der Waals surface area contributed by atoms with E-state index in [1.807, 2.05) is 30.5 Å². The molecular weight excluding hydrogens is 643 g/mol. The van der Waals surface area contributed by atoms with Gasteiger partial charge in [-0.2, -0.15) is 0 Å². The minimum atomic E-state index is -0.109. The van der Waals surface area contributed by atoms with Crippen molar-refractivity contribution in [2.75, 3.05) is 0 Å². The molecule has 0 N–H and O–H groups in total. The van der Waals surface area contributed by atoms with Crippen LogP contribution in [0.5, 0.6) is 0 Å². The van der Waals surface area contributed by atoms with Crippen molar-refractivity contribution < 1.29 is 0 Å². The summed E-state index contributed by atoms with van der Waals surface area (Å²) in [5.41, 5.74) is 14.9. The Balaban J connectivity index is 1.16. The fourth-order valence-electron chi connectivity index (χ4n) is 8.35. The van der Waals surface area contributed by atoms with E-state index in [1.165, 1.54) is 49.5 Å². The fraction of sp³-hybridized carbons (Fsp3) is 0.0600. The van der Waals surface area contributed by atoms with Crippen LogP contribution in [0.2, 0.25) is 0 Å². The van der Waals surface area contributed by atoms with Gasteiger partial charge in [0.1, 0.15) is 0 Å². The number of nitrogens with zero attached hydrogens (tertiary/aromatic N) is 3. The monoisotopic (exact) mass is 677 g/mol. The van der Waals surface area contributed by atoms with Crippen molar-refractivity contribution in [3.8, 4) is 67.3 Å². The van der Waals surface area contributed by atoms with Gasteiger partial charge in [0.2, 0.25) is 0 Å². The summed E-state index contributed by atoms with van der Waals surface area (Å²) in [6, 6.07) is 58.6. The first kappa shape index (κ1) is 31.1. The summed E-state index contributed by atoms with van der Waals surface area (Å²) in [7, 11) is 0. The van der Waals surface area contributed by atoms with Crippen molar-refractivity contribution in [2.45, 2.75) is 19.3 Å². The van der Waals surface area contributed by atoms with Gasteiger partial charge in [-0.3, -0.25) is 4.98 Å².